The van der Waals surface area contributed by atoms with Gasteiger partial charge in [-0.2, -0.15) is 5.10 Å². The van der Waals surface area contributed by atoms with Crippen LogP contribution in [0.4, 0.5) is 5.95 Å². The molecule has 3 rings (SSSR count). The van der Waals surface area contributed by atoms with Crippen LogP contribution < -0.4 is 10.2 Å². The molecule has 0 radical (unpaired) electrons. The molecule has 7 nitrogen and oxygen atoms in total. The van der Waals surface area contributed by atoms with Gasteiger partial charge in [0.25, 0.3) is 0 Å². The van der Waals surface area contributed by atoms with E-state index in [1.54, 1.807) is 23.1 Å². The SMILES string of the molecule is CN(C)c1ncc2c(n1)CCCC2NC(=O)Cn1cccn1. The van der Waals surface area contributed by atoms with Crippen molar-refractivity contribution in [1.82, 2.24) is 25.1 Å². The zero-order valence-corrected chi connectivity index (χ0v) is 12.9. The zero-order valence-electron chi connectivity index (χ0n) is 12.9. The molecule has 0 bridgehead atoms. The molecule has 1 unspecified atom stereocenters. The van der Waals surface area contributed by atoms with Crippen molar-refractivity contribution in [1.29, 1.82) is 0 Å². The van der Waals surface area contributed by atoms with Crippen LogP contribution in [0.15, 0.2) is 24.7 Å². The number of aromatic nitrogens is 4. The average molecular weight is 300 g/mol. The second-order valence-electron chi connectivity index (χ2n) is 5.68. The van der Waals surface area contributed by atoms with Gasteiger partial charge in [0.1, 0.15) is 6.54 Å². The van der Waals surface area contributed by atoms with Gasteiger partial charge in [0.2, 0.25) is 11.9 Å². The van der Waals surface area contributed by atoms with Crippen molar-refractivity contribution >= 4 is 11.9 Å². The van der Waals surface area contributed by atoms with Crippen LogP contribution in [0.5, 0.6) is 0 Å². The molecule has 1 aliphatic rings. The Kier molecular flexibility index (Phi) is 4.04. The summed E-state index contributed by atoms with van der Waals surface area (Å²) >= 11 is 0. The van der Waals surface area contributed by atoms with E-state index in [2.05, 4.69) is 20.4 Å². The monoisotopic (exact) mass is 300 g/mol. The van der Waals surface area contributed by atoms with Crippen molar-refractivity contribution in [3.63, 3.8) is 0 Å². The number of nitrogens with zero attached hydrogens (tertiary/aromatic N) is 5. The lowest BCUT2D eigenvalue weighted by atomic mass is 9.92. The highest BCUT2D eigenvalue weighted by molar-refractivity contribution is 5.76. The predicted molar refractivity (Wildman–Crippen MR) is 82.4 cm³/mol. The van der Waals surface area contributed by atoms with Gasteiger partial charge in [-0.1, -0.05) is 0 Å². The standard InChI is InChI=1S/C15H20N6O/c1-20(2)15-16-9-11-12(5-3-6-13(11)19-15)18-14(22)10-21-8-4-7-17-21/h4,7-9,12H,3,5-6,10H2,1-2H3,(H,18,22). The molecule has 0 aliphatic heterocycles. The smallest absolute Gasteiger partial charge is 0.242 e. The lowest BCUT2D eigenvalue weighted by Crippen LogP contribution is -2.34. The van der Waals surface area contributed by atoms with E-state index < -0.39 is 0 Å². The second-order valence-corrected chi connectivity index (χ2v) is 5.68. The lowest BCUT2D eigenvalue weighted by molar-refractivity contribution is -0.122. The Morgan fingerprint density at radius 2 is 2.36 bits per heavy atom. The molecule has 1 amide bonds. The fourth-order valence-corrected chi connectivity index (χ4v) is 2.68. The van der Waals surface area contributed by atoms with Gasteiger partial charge in [-0.25, -0.2) is 9.97 Å². The van der Waals surface area contributed by atoms with Gasteiger partial charge in [-0.05, 0) is 25.3 Å². The Hall–Kier alpha value is -2.44. The van der Waals surface area contributed by atoms with Crippen LogP contribution in [0, 0.1) is 0 Å². The summed E-state index contributed by atoms with van der Waals surface area (Å²) in [5, 5.41) is 7.12. The summed E-state index contributed by atoms with van der Waals surface area (Å²) in [6.45, 7) is 0.232. The molecule has 0 saturated heterocycles. The maximum atomic E-state index is 12.1. The Morgan fingerprint density at radius 1 is 1.50 bits per heavy atom. The summed E-state index contributed by atoms with van der Waals surface area (Å²) in [4.78, 5) is 23.0. The third-order valence-electron chi connectivity index (χ3n) is 3.77. The maximum absolute atomic E-state index is 12.1. The topological polar surface area (TPSA) is 75.9 Å². The summed E-state index contributed by atoms with van der Waals surface area (Å²) in [6.07, 6.45) is 8.16. The molecule has 1 N–H and O–H groups in total. The molecule has 2 heterocycles. The first kappa shape index (κ1) is 14.5. The van der Waals surface area contributed by atoms with Gasteiger partial charge < -0.3 is 10.2 Å². The normalized spacial score (nSPS) is 16.9. The van der Waals surface area contributed by atoms with E-state index in [1.165, 1.54) is 0 Å². The maximum Gasteiger partial charge on any atom is 0.242 e. The van der Waals surface area contributed by atoms with Gasteiger partial charge in [0.15, 0.2) is 0 Å². The van der Waals surface area contributed by atoms with Crippen LogP contribution >= 0.6 is 0 Å². The average Bonchev–Trinajstić information content (AvgIpc) is 2.99. The van der Waals surface area contributed by atoms with Crippen molar-refractivity contribution in [3.05, 3.63) is 35.9 Å². The highest BCUT2D eigenvalue weighted by Crippen LogP contribution is 2.28. The van der Waals surface area contributed by atoms with E-state index in [4.69, 9.17) is 0 Å². The van der Waals surface area contributed by atoms with Crippen molar-refractivity contribution < 1.29 is 4.79 Å². The minimum atomic E-state index is -0.0433. The molecule has 0 aromatic carbocycles. The van der Waals surface area contributed by atoms with Crippen molar-refractivity contribution in [2.75, 3.05) is 19.0 Å². The Morgan fingerprint density at radius 3 is 3.09 bits per heavy atom. The number of anilines is 1. The largest absolute Gasteiger partial charge is 0.348 e. The molecular formula is C15H20N6O. The molecule has 1 aliphatic carbocycles. The van der Waals surface area contributed by atoms with Crippen LogP contribution in [0.25, 0.3) is 0 Å². The van der Waals surface area contributed by atoms with Crippen LogP contribution in [0.1, 0.15) is 30.1 Å². The van der Waals surface area contributed by atoms with Gasteiger partial charge in [-0.3, -0.25) is 9.48 Å². The van der Waals surface area contributed by atoms with E-state index in [0.717, 1.165) is 30.5 Å². The summed E-state index contributed by atoms with van der Waals surface area (Å²) < 4.78 is 1.62. The number of hydrogen-bond acceptors (Lipinski definition) is 5. The molecular weight excluding hydrogens is 280 g/mol. The predicted octanol–water partition coefficient (Wildman–Crippen LogP) is 0.933. The quantitative estimate of drug-likeness (QED) is 0.909. The van der Waals surface area contributed by atoms with E-state index in [-0.39, 0.29) is 18.5 Å². The molecule has 0 spiro atoms. The fourth-order valence-electron chi connectivity index (χ4n) is 2.68. The van der Waals surface area contributed by atoms with E-state index in [9.17, 15) is 4.79 Å². The number of rotatable bonds is 4. The molecule has 2 aromatic heterocycles. The van der Waals surface area contributed by atoms with Crippen LogP contribution in [0.3, 0.4) is 0 Å². The number of carbonyl (C=O) groups excluding carboxylic acids is 1. The number of fused-ring (bicyclic) bond motifs is 1. The van der Waals surface area contributed by atoms with E-state index in [1.807, 2.05) is 25.2 Å². The summed E-state index contributed by atoms with van der Waals surface area (Å²) in [7, 11) is 3.85. The fraction of sp³-hybridized carbons (Fsp3) is 0.467. The molecule has 0 fully saturated rings. The van der Waals surface area contributed by atoms with Crippen molar-refractivity contribution in [2.45, 2.75) is 31.8 Å². The van der Waals surface area contributed by atoms with E-state index in [0.29, 0.717) is 5.95 Å². The molecule has 0 saturated carbocycles. The lowest BCUT2D eigenvalue weighted by Gasteiger charge is -2.26. The number of hydrogen-bond donors (Lipinski definition) is 1. The number of amides is 1. The number of carbonyl (C=O) groups is 1. The first-order valence-electron chi connectivity index (χ1n) is 7.43. The Balaban J connectivity index is 1.72. The summed E-state index contributed by atoms with van der Waals surface area (Å²) in [5.41, 5.74) is 2.07. The third kappa shape index (κ3) is 3.08. The van der Waals surface area contributed by atoms with E-state index >= 15 is 0 Å². The second kappa shape index (κ2) is 6.13. The van der Waals surface area contributed by atoms with Crippen LogP contribution in [-0.2, 0) is 17.8 Å². The zero-order chi connectivity index (χ0) is 15.5. The highest BCUT2D eigenvalue weighted by atomic mass is 16.2. The van der Waals surface area contributed by atoms with Crippen molar-refractivity contribution in [2.24, 2.45) is 0 Å². The minimum Gasteiger partial charge on any atom is -0.348 e. The van der Waals surface area contributed by atoms with Crippen LogP contribution in [0.2, 0.25) is 0 Å². The van der Waals surface area contributed by atoms with Gasteiger partial charge in [0, 0.05) is 38.2 Å². The molecule has 22 heavy (non-hydrogen) atoms. The minimum absolute atomic E-state index is 0.0111. The number of aryl methyl sites for hydroxylation is 1. The molecule has 116 valence electrons. The summed E-state index contributed by atoms with van der Waals surface area (Å²) in [5.74, 6) is 0.667. The van der Waals surface area contributed by atoms with Gasteiger partial charge in [0.05, 0.1) is 11.7 Å². The Labute approximate surface area is 129 Å². The van der Waals surface area contributed by atoms with Gasteiger partial charge >= 0.3 is 0 Å². The Bertz CT molecular complexity index is 652. The molecule has 1 atom stereocenters. The van der Waals surface area contributed by atoms with Crippen LogP contribution in [-0.4, -0.2) is 39.8 Å². The molecule has 2 aromatic rings. The first-order valence-corrected chi connectivity index (χ1v) is 7.43. The summed E-state index contributed by atoms with van der Waals surface area (Å²) in [6, 6.07) is 1.79. The van der Waals surface area contributed by atoms with Crippen molar-refractivity contribution in [3.8, 4) is 0 Å². The molecule has 7 heteroatoms. The van der Waals surface area contributed by atoms with Gasteiger partial charge in [-0.15, -0.1) is 0 Å². The highest BCUT2D eigenvalue weighted by Gasteiger charge is 2.24. The third-order valence-corrected chi connectivity index (χ3v) is 3.77. The first-order chi connectivity index (χ1) is 10.6. The number of nitrogens with one attached hydrogen (secondary N) is 1.